The molecule has 1 aromatic rings. The summed E-state index contributed by atoms with van der Waals surface area (Å²) in [5.74, 6) is 2.16. The van der Waals surface area contributed by atoms with Crippen LogP contribution in [0.15, 0.2) is 24.3 Å². The van der Waals surface area contributed by atoms with Crippen LogP contribution < -0.4 is 0 Å². The number of phenols is 1. The van der Waals surface area contributed by atoms with E-state index in [9.17, 15) is 10.2 Å². The van der Waals surface area contributed by atoms with Crippen LogP contribution in [0.4, 0.5) is 0 Å². The molecular weight excluding hydrogens is 232 g/mol. The minimum absolute atomic E-state index is 0.189. The lowest BCUT2D eigenvalue weighted by Gasteiger charge is -2.41. The van der Waals surface area contributed by atoms with Crippen LogP contribution in [0.25, 0.3) is 0 Å². The highest BCUT2D eigenvalue weighted by atomic mass is 32.2. The second kappa shape index (κ2) is 4.54. The summed E-state index contributed by atoms with van der Waals surface area (Å²) in [6, 6.07) is 7.19. The Balaban J connectivity index is 2.12. The van der Waals surface area contributed by atoms with Crippen molar-refractivity contribution >= 4 is 11.8 Å². The van der Waals surface area contributed by atoms with Crippen LogP contribution in [0.5, 0.6) is 5.75 Å². The van der Waals surface area contributed by atoms with E-state index in [4.69, 9.17) is 0 Å². The summed E-state index contributed by atoms with van der Waals surface area (Å²) in [5, 5.41) is 20.1. The molecule has 0 spiro atoms. The zero-order valence-corrected chi connectivity index (χ0v) is 11.3. The monoisotopic (exact) mass is 252 g/mol. The number of aliphatic hydroxyl groups is 1. The second-order valence-electron chi connectivity index (χ2n) is 5.90. The molecule has 1 aromatic carbocycles. The van der Waals surface area contributed by atoms with Crippen LogP contribution in [0.2, 0.25) is 0 Å². The number of phenolic OH excluding ortho intramolecular Hbond substituents is 1. The molecule has 2 nitrogen and oxygen atoms in total. The SMILES string of the molecule is CC1(C)CSCC(O)(Cc2cccc(O)c2)C1. The third-order valence-electron chi connectivity index (χ3n) is 3.11. The normalized spacial score (nSPS) is 27.9. The van der Waals surface area contributed by atoms with Crippen LogP contribution in [0.3, 0.4) is 0 Å². The predicted molar refractivity (Wildman–Crippen MR) is 72.5 cm³/mol. The molecule has 1 heterocycles. The highest BCUT2D eigenvalue weighted by Gasteiger charge is 2.38. The van der Waals surface area contributed by atoms with Crippen molar-refractivity contribution in [3.63, 3.8) is 0 Å². The van der Waals surface area contributed by atoms with Gasteiger partial charge in [-0.15, -0.1) is 0 Å². The Bertz CT molecular complexity index is 403. The molecule has 1 aliphatic heterocycles. The predicted octanol–water partition coefficient (Wildman–Crippen LogP) is 2.83. The molecule has 1 saturated heterocycles. The quantitative estimate of drug-likeness (QED) is 0.850. The first-order chi connectivity index (χ1) is 7.89. The maximum Gasteiger partial charge on any atom is 0.115 e. The van der Waals surface area contributed by atoms with Gasteiger partial charge in [0, 0.05) is 12.2 Å². The zero-order chi connectivity index (χ0) is 12.5. The standard InChI is InChI=1S/C14H20O2S/c1-13(2)8-14(16,10-17-9-13)7-11-4-3-5-12(15)6-11/h3-6,15-16H,7-10H2,1-2H3. The van der Waals surface area contributed by atoms with Gasteiger partial charge >= 0.3 is 0 Å². The van der Waals surface area contributed by atoms with Crippen molar-refractivity contribution in [2.24, 2.45) is 5.41 Å². The molecule has 1 aliphatic rings. The Morgan fingerprint density at radius 3 is 2.71 bits per heavy atom. The maximum atomic E-state index is 10.6. The van der Waals surface area contributed by atoms with Crippen molar-refractivity contribution in [1.29, 1.82) is 0 Å². The summed E-state index contributed by atoms with van der Waals surface area (Å²) in [7, 11) is 0. The van der Waals surface area contributed by atoms with E-state index in [1.165, 1.54) is 0 Å². The summed E-state index contributed by atoms with van der Waals surface area (Å²) in [6.45, 7) is 4.40. The molecule has 0 radical (unpaired) electrons. The fourth-order valence-corrected chi connectivity index (χ4v) is 4.01. The van der Waals surface area contributed by atoms with Crippen LogP contribution in [-0.2, 0) is 6.42 Å². The highest BCUT2D eigenvalue weighted by molar-refractivity contribution is 7.99. The Morgan fingerprint density at radius 1 is 1.29 bits per heavy atom. The first-order valence-corrected chi connectivity index (χ1v) is 7.12. The number of hydrogen-bond donors (Lipinski definition) is 2. The molecule has 1 atom stereocenters. The van der Waals surface area contributed by atoms with E-state index in [-0.39, 0.29) is 11.2 Å². The van der Waals surface area contributed by atoms with E-state index in [0.29, 0.717) is 6.42 Å². The topological polar surface area (TPSA) is 40.5 Å². The maximum absolute atomic E-state index is 10.6. The van der Waals surface area contributed by atoms with Gasteiger partial charge < -0.3 is 10.2 Å². The van der Waals surface area contributed by atoms with Gasteiger partial charge in [0.25, 0.3) is 0 Å². The molecule has 0 aliphatic carbocycles. The van der Waals surface area contributed by atoms with E-state index in [2.05, 4.69) is 13.8 Å². The van der Waals surface area contributed by atoms with Gasteiger partial charge in [-0.1, -0.05) is 26.0 Å². The molecule has 94 valence electrons. The van der Waals surface area contributed by atoms with Gasteiger partial charge in [0.05, 0.1) is 5.60 Å². The lowest BCUT2D eigenvalue weighted by molar-refractivity contribution is 0.0200. The molecule has 1 unspecified atom stereocenters. The number of aromatic hydroxyl groups is 1. The fraction of sp³-hybridized carbons (Fsp3) is 0.571. The molecule has 0 bridgehead atoms. The van der Waals surface area contributed by atoms with E-state index in [0.717, 1.165) is 23.5 Å². The first kappa shape index (κ1) is 12.8. The summed E-state index contributed by atoms with van der Waals surface area (Å²) >= 11 is 1.82. The summed E-state index contributed by atoms with van der Waals surface area (Å²) < 4.78 is 0. The number of thioether (sulfide) groups is 1. The largest absolute Gasteiger partial charge is 0.508 e. The van der Waals surface area contributed by atoms with Crippen LogP contribution in [-0.4, -0.2) is 27.3 Å². The molecule has 0 amide bonds. The van der Waals surface area contributed by atoms with Crippen molar-refractivity contribution in [1.82, 2.24) is 0 Å². The van der Waals surface area contributed by atoms with Crippen LogP contribution >= 0.6 is 11.8 Å². The van der Waals surface area contributed by atoms with Crippen molar-refractivity contribution in [3.05, 3.63) is 29.8 Å². The van der Waals surface area contributed by atoms with Crippen molar-refractivity contribution in [2.45, 2.75) is 32.3 Å². The summed E-state index contributed by atoms with van der Waals surface area (Å²) in [5.41, 5.74) is 0.556. The van der Waals surface area contributed by atoms with Gasteiger partial charge in [0.2, 0.25) is 0 Å². The van der Waals surface area contributed by atoms with Gasteiger partial charge in [0.15, 0.2) is 0 Å². The third kappa shape index (κ3) is 3.39. The van der Waals surface area contributed by atoms with Gasteiger partial charge in [0.1, 0.15) is 5.75 Å². The molecule has 2 N–H and O–H groups in total. The van der Waals surface area contributed by atoms with Gasteiger partial charge in [-0.25, -0.2) is 0 Å². The average molecular weight is 252 g/mol. The second-order valence-corrected chi connectivity index (χ2v) is 6.89. The molecule has 3 heteroatoms. The number of rotatable bonds is 2. The Kier molecular flexibility index (Phi) is 3.41. The highest BCUT2D eigenvalue weighted by Crippen LogP contribution is 2.40. The minimum Gasteiger partial charge on any atom is -0.508 e. The average Bonchev–Trinajstić information content (AvgIpc) is 2.14. The zero-order valence-electron chi connectivity index (χ0n) is 10.4. The summed E-state index contributed by atoms with van der Waals surface area (Å²) in [6.07, 6.45) is 1.44. The molecule has 0 aromatic heterocycles. The first-order valence-electron chi connectivity index (χ1n) is 5.97. The third-order valence-corrected chi connectivity index (χ3v) is 4.84. The minimum atomic E-state index is -0.639. The van der Waals surface area contributed by atoms with Gasteiger partial charge in [-0.3, -0.25) is 0 Å². The summed E-state index contributed by atoms with van der Waals surface area (Å²) in [4.78, 5) is 0. The smallest absolute Gasteiger partial charge is 0.115 e. The molecular formula is C14H20O2S. The van der Waals surface area contributed by atoms with E-state index in [1.807, 2.05) is 23.9 Å². The Labute approximate surface area is 107 Å². The van der Waals surface area contributed by atoms with Crippen LogP contribution in [0, 0.1) is 5.41 Å². The lowest BCUT2D eigenvalue weighted by Crippen LogP contribution is -2.44. The van der Waals surface area contributed by atoms with E-state index in [1.54, 1.807) is 12.1 Å². The fourth-order valence-electron chi connectivity index (χ4n) is 2.67. The van der Waals surface area contributed by atoms with Crippen molar-refractivity contribution in [3.8, 4) is 5.75 Å². The Morgan fingerprint density at radius 2 is 2.06 bits per heavy atom. The number of benzene rings is 1. The lowest BCUT2D eigenvalue weighted by atomic mass is 9.79. The van der Waals surface area contributed by atoms with E-state index < -0.39 is 5.60 Å². The number of hydrogen-bond acceptors (Lipinski definition) is 3. The molecule has 17 heavy (non-hydrogen) atoms. The van der Waals surface area contributed by atoms with Gasteiger partial charge in [-0.05, 0) is 35.3 Å². The Hall–Kier alpha value is -0.670. The van der Waals surface area contributed by atoms with Crippen molar-refractivity contribution < 1.29 is 10.2 Å². The molecule has 1 fully saturated rings. The van der Waals surface area contributed by atoms with Gasteiger partial charge in [-0.2, -0.15) is 11.8 Å². The molecule has 2 rings (SSSR count). The molecule has 0 saturated carbocycles. The van der Waals surface area contributed by atoms with Crippen molar-refractivity contribution in [2.75, 3.05) is 11.5 Å². The van der Waals surface area contributed by atoms with Crippen LogP contribution in [0.1, 0.15) is 25.8 Å². The van der Waals surface area contributed by atoms with E-state index >= 15 is 0 Å².